The van der Waals surface area contributed by atoms with Crippen molar-refractivity contribution in [2.24, 2.45) is 7.05 Å². The van der Waals surface area contributed by atoms with Crippen LogP contribution in [0, 0.1) is 24.5 Å². The lowest BCUT2D eigenvalue weighted by Crippen LogP contribution is -1.96. The van der Waals surface area contributed by atoms with Crippen LogP contribution in [-0.2, 0) is 7.05 Å². The Labute approximate surface area is 188 Å². The van der Waals surface area contributed by atoms with Crippen LogP contribution in [0.2, 0.25) is 0 Å². The number of aryl methyl sites for hydroxylation is 1. The first-order valence-corrected chi connectivity index (χ1v) is 9.88. The average molecular weight is 427 g/mol. The molecule has 0 N–H and O–H groups in total. The summed E-state index contributed by atoms with van der Waals surface area (Å²) in [5.74, 6) is -0.0683. The molecule has 0 saturated carbocycles. The summed E-state index contributed by atoms with van der Waals surface area (Å²) in [6, 6.07) is 17.9. The third-order valence-corrected chi connectivity index (χ3v) is 5.57. The zero-order chi connectivity index (χ0) is 23.1. The maximum atomic E-state index is 13.0. The summed E-state index contributed by atoms with van der Waals surface area (Å²) in [7, 11) is 1.86. The van der Waals surface area contributed by atoms with Crippen molar-refractivity contribution in [3.63, 3.8) is 0 Å². The smallest absolute Gasteiger partial charge is 0.270 e. The zero-order valence-corrected chi connectivity index (χ0v) is 17.3. The molecular formula is C26H13N5O2. The van der Waals surface area contributed by atoms with Crippen LogP contribution >= 0.6 is 0 Å². The molecule has 0 fully saturated rings. The van der Waals surface area contributed by atoms with Crippen LogP contribution < -0.4 is 0 Å². The molecule has 5 rings (SSSR count). The van der Waals surface area contributed by atoms with Gasteiger partial charge in [0.05, 0.1) is 24.9 Å². The summed E-state index contributed by atoms with van der Waals surface area (Å²) in [5.41, 5.74) is 4.84. The fraction of sp³-hybridized carbons (Fsp3) is 0.0385. The first kappa shape index (κ1) is 19.8. The van der Waals surface area contributed by atoms with E-state index in [9.17, 15) is 10.1 Å². The van der Waals surface area contributed by atoms with Crippen LogP contribution in [0.25, 0.3) is 43.8 Å². The quantitative estimate of drug-likeness (QED) is 0.229. The van der Waals surface area contributed by atoms with Crippen LogP contribution in [0.4, 0.5) is 5.69 Å². The van der Waals surface area contributed by atoms with Crippen molar-refractivity contribution < 1.29 is 9.21 Å². The molecule has 154 valence electrons. The third kappa shape index (κ3) is 3.03. The van der Waals surface area contributed by atoms with Gasteiger partial charge in [0.25, 0.3) is 5.70 Å². The predicted molar refractivity (Wildman–Crippen MR) is 123 cm³/mol. The normalized spacial score (nSPS) is 15.2. The molecule has 1 aliphatic rings. The Kier molecular flexibility index (Phi) is 4.49. The van der Waals surface area contributed by atoms with E-state index >= 15 is 0 Å². The number of carbonyl (C=O) groups excluding carboxylic acids is 1. The van der Waals surface area contributed by atoms with E-state index in [1.54, 1.807) is 36.4 Å². The first-order valence-electron chi connectivity index (χ1n) is 9.88. The highest BCUT2D eigenvalue weighted by Gasteiger charge is 2.32. The van der Waals surface area contributed by atoms with Gasteiger partial charge in [0.15, 0.2) is 22.7 Å². The molecule has 0 saturated heterocycles. The summed E-state index contributed by atoms with van der Waals surface area (Å²) in [6.45, 7) is 14.5. The summed E-state index contributed by atoms with van der Waals surface area (Å²) in [6.07, 6.45) is 1.49. The fourth-order valence-electron chi connectivity index (χ4n) is 4.01. The maximum absolute atomic E-state index is 13.0. The monoisotopic (exact) mass is 427 g/mol. The van der Waals surface area contributed by atoms with E-state index in [1.807, 2.05) is 35.9 Å². The van der Waals surface area contributed by atoms with Gasteiger partial charge < -0.3 is 8.98 Å². The highest BCUT2D eigenvalue weighted by molar-refractivity contribution is 6.29. The van der Waals surface area contributed by atoms with Gasteiger partial charge in [0.1, 0.15) is 0 Å². The van der Waals surface area contributed by atoms with Crippen molar-refractivity contribution in [1.29, 1.82) is 5.26 Å². The molecule has 2 aromatic heterocycles. The first-order chi connectivity index (χ1) is 16.0. The topological polar surface area (TPSA) is 80.5 Å². The van der Waals surface area contributed by atoms with E-state index in [4.69, 9.17) is 17.6 Å². The Hall–Kier alpha value is -5.19. The van der Waals surface area contributed by atoms with Gasteiger partial charge >= 0.3 is 0 Å². The summed E-state index contributed by atoms with van der Waals surface area (Å²) >= 11 is 0. The number of nitriles is 1. The minimum absolute atomic E-state index is 0.152. The van der Waals surface area contributed by atoms with Gasteiger partial charge in [-0.1, -0.05) is 48.5 Å². The number of benzene rings is 2. The lowest BCUT2D eigenvalue weighted by molar-refractivity contribution is 0.104. The second kappa shape index (κ2) is 7.50. The van der Waals surface area contributed by atoms with Gasteiger partial charge in [0.2, 0.25) is 5.89 Å². The number of Topliss-reactive ketones (excluding diaryl/α,β-unsaturated/α-hetero) is 1. The van der Waals surface area contributed by atoms with Crippen molar-refractivity contribution in [3.8, 4) is 17.3 Å². The number of fused-ring (bicyclic) bond motifs is 2. The van der Waals surface area contributed by atoms with Crippen molar-refractivity contribution in [1.82, 2.24) is 9.55 Å². The highest BCUT2D eigenvalue weighted by Crippen LogP contribution is 2.40. The molecule has 7 nitrogen and oxygen atoms in total. The van der Waals surface area contributed by atoms with E-state index in [2.05, 4.69) is 14.7 Å². The molecule has 1 aliphatic carbocycles. The number of hydrogen-bond acceptors (Lipinski definition) is 4. The van der Waals surface area contributed by atoms with Crippen molar-refractivity contribution >= 4 is 34.3 Å². The lowest BCUT2D eigenvalue weighted by Gasteiger charge is -2.03. The van der Waals surface area contributed by atoms with Gasteiger partial charge in [-0.15, -0.1) is 0 Å². The van der Waals surface area contributed by atoms with Crippen LogP contribution in [0.5, 0.6) is 0 Å². The Balaban J connectivity index is 1.62. The van der Waals surface area contributed by atoms with Crippen LogP contribution in [0.3, 0.4) is 0 Å². The Bertz CT molecular complexity index is 1640. The van der Waals surface area contributed by atoms with E-state index in [0.29, 0.717) is 33.6 Å². The molecule has 2 heterocycles. The average Bonchev–Trinajstić information content (AvgIpc) is 3.47. The van der Waals surface area contributed by atoms with Crippen LogP contribution in [-0.4, -0.2) is 15.3 Å². The molecule has 0 aliphatic heterocycles. The van der Waals surface area contributed by atoms with Gasteiger partial charge in [0, 0.05) is 35.9 Å². The molecule has 0 amide bonds. The third-order valence-electron chi connectivity index (χ3n) is 5.57. The molecule has 33 heavy (non-hydrogen) atoms. The summed E-state index contributed by atoms with van der Waals surface area (Å²) in [5, 5.41) is 9.45. The Morgan fingerprint density at radius 2 is 1.88 bits per heavy atom. The van der Waals surface area contributed by atoms with Crippen molar-refractivity contribution in [2.75, 3.05) is 0 Å². The minimum Gasteiger partial charge on any atom is -0.435 e. The summed E-state index contributed by atoms with van der Waals surface area (Å²) < 4.78 is 7.78. The highest BCUT2D eigenvalue weighted by atomic mass is 16.3. The Morgan fingerprint density at radius 1 is 1.15 bits per heavy atom. The Morgan fingerprint density at radius 3 is 2.52 bits per heavy atom. The van der Waals surface area contributed by atoms with Crippen LogP contribution in [0.15, 0.2) is 70.3 Å². The van der Waals surface area contributed by atoms with Crippen molar-refractivity contribution in [2.45, 2.75) is 0 Å². The second-order valence-electron chi connectivity index (χ2n) is 7.37. The van der Waals surface area contributed by atoms with Gasteiger partial charge in [-0.05, 0) is 11.1 Å². The number of allylic oxidation sites excluding steroid dienone is 3. The lowest BCUT2D eigenvalue weighted by atomic mass is 10.0. The second-order valence-corrected chi connectivity index (χ2v) is 7.37. The number of aromatic nitrogens is 2. The molecule has 0 atom stereocenters. The van der Waals surface area contributed by atoms with E-state index < -0.39 is 0 Å². The number of nitrogens with zero attached hydrogens (tertiary/aromatic N) is 5. The molecule has 7 heteroatoms. The summed E-state index contributed by atoms with van der Waals surface area (Å²) in [4.78, 5) is 24.3. The number of carbonyl (C=O) groups is 1. The molecule has 4 aromatic rings. The van der Waals surface area contributed by atoms with Crippen LogP contribution in [0.1, 0.15) is 21.8 Å². The standard InChI is InChI=1S/C26H13N5O2/c1-28-16-10-8-15(9-11-16)21-13-22-26(31(21)3)30-23(33-22)12-19-24(20(14-27)29-2)17-6-4-5-7-18(17)25(19)32/h4-13H,3H3/b19-12-,24-20-. The largest absolute Gasteiger partial charge is 0.435 e. The molecule has 0 radical (unpaired) electrons. The van der Waals surface area contributed by atoms with Gasteiger partial charge in [-0.2, -0.15) is 4.98 Å². The molecule has 2 aromatic carbocycles. The van der Waals surface area contributed by atoms with Crippen molar-refractivity contribution in [3.05, 3.63) is 106 Å². The number of hydrogen-bond donors (Lipinski definition) is 0. The molecule has 0 bridgehead atoms. The van der Waals surface area contributed by atoms with Gasteiger partial charge in [-0.25, -0.2) is 15.0 Å². The number of ketones is 1. The maximum Gasteiger partial charge on any atom is 0.270 e. The number of oxazole rings is 1. The molecule has 0 unspecified atom stereocenters. The molecular weight excluding hydrogens is 414 g/mol. The van der Waals surface area contributed by atoms with E-state index in [-0.39, 0.29) is 22.9 Å². The minimum atomic E-state index is -0.278. The van der Waals surface area contributed by atoms with E-state index in [1.165, 1.54) is 6.08 Å². The fourth-order valence-corrected chi connectivity index (χ4v) is 4.01. The zero-order valence-electron chi connectivity index (χ0n) is 17.3. The SMILES string of the molecule is [C-]#[N+]/C(C#N)=C1\C(=C\c2nc3c(cc(-c4ccc([N+]#[C-])cc4)n3C)o2)C(=O)c2ccccc21. The molecule has 0 spiro atoms. The predicted octanol–water partition coefficient (Wildman–Crippen LogP) is 5.82. The van der Waals surface area contributed by atoms with E-state index in [0.717, 1.165) is 11.3 Å². The number of rotatable bonds is 2. The van der Waals surface area contributed by atoms with Gasteiger partial charge in [-0.3, -0.25) is 4.79 Å².